The highest BCUT2D eigenvalue weighted by atomic mass is 27.2. The first kappa shape index (κ1) is 13.5. The van der Waals surface area contributed by atoms with Crippen molar-refractivity contribution in [3.05, 3.63) is 0 Å². The van der Waals surface area contributed by atoms with Crippen molar-refractivity contribution in [1.29, 1.82) is 0 Å². The largest absolute Gasteiger partial charge is 0.478 e. The van der Waals surface area contributed by atoms with Crippen LogP contribution in [-0.2, 0) is 8.53 Å². The zero-order chi connectivity index (χ0) is 10.1. The van der Waals surface area contributed by atoms with Gasteiger partial charge in [-0.25, -0.2) is 0 Å². The van der Waals surface area contributed by atoms with Crippen molar-refractivity contribution < 1.29 is 8.53 Å². The van der Waals surface area contributed by atoms with Gasteiger partial charge in [-0.05, 0) is 13.8 Å². The topological polar surface area (TPSA) is 18.5 Å². The van der Waals surface area contributed by atoms with Crippen molar-refractivity contribution in [3.63, 3.8) is 0 Å². The summed E-state index contributed by atoms with van der Waals surface area (Å²) in [5.41, 5.74) is 0. The minimum Gasteiger partial charge on any atom is -0.478 e. The van der Waals surface area contributed by atoms with Crippen LogP contribution in [0.3, 0.4) is 0 Å². The summed E-state index contributed by atoms with van der Waals surface area (Å²) in [7, 11) is 0. The summed E-state index contributed by atoms with van der Waals surface area (Å²) in [5.74, 6) is 0. The molecule has 0 aliphatic rings. The van der Waals surface area contributed by atoms with Gasteiger partial charge in [-0.2, -0.15) is 0 Å². The summed E-state index contributed by atoms with van der Waals surface area (Å²) in [5, 5.41) is 2.57. The Kier molecular flexibility index (Phi) is 9.34. The summed E-state index contributed by atoms with van der Waals surface area (Å²) in [4.78, 5) is 0. The van der Waals surface area contributed by atoms with Crippen LogP contribution in [0.25, 0.3) is 0 Å². The van der Waals surface area contributed by atoms with Gasteiger partial charge in [0.2, 0.25) is 0 Å². The lowest BCUT2D eigenvalue weighted by Crippen LogP contribution is -2.25. The van der Waals surface area contributed by atoms with E-state index in [0.29, 0.717) is 0 Å². The predicted octanol–water partition coefficient (Wildman–Crippen LogP) is 3.20. The van der Waals surface area contributed by atoms with Crippen molar-refractivity contribution >= 4 is 14.5 Å². The molecule has 1 atom stereocenters. The van der Waals surface area contributed by atoms with Crippen LogP contribution >= 0.6 is 0 Å². The van der Waals surface area contributed by atoms with E-state index >= 15 is 0 Å². The third-order valence-corrected chi connectivity index (χ3v) is 5.22. The number of rotatable bonds is 8. The molecule has 0 heterocycles. The van der Waals surface area contributed by atoms with Crippen molar-refractivity contribution in [2.24, 2.45) is 0 Å². The number of ether oxygens (including phenoxy) is 1. The quantitative estimate of drug-likeness (QED) is 0.444. The lowest BCUT2D eigenvalue weighted by molar-refractivity contribution is -0.0645. The van der Waals surface area contributed by atoms with Crippen molar-refractivity contribution in [2.75, 3.05) is 6.61 Å². The molecule has 0 saturated heterocycles. The van der Waals surface area contributed by atoms with Crippen molar-refractivity contribution in [3.8, 4) is 0 Å². The van der Waals surface area contributed by atoms with Gasteiger partial charge < -0.3 is 8.53 Å². The fraction of sp³-hybridized carbons (Fsp3) is 1.00. The van der Waals surface area contributed by atoms with E-state index in [1.54, 1.807) is 0 Å². The molecule has 0 aliphatic carbocycles. The van der Waals surface area contributed by atoms with Crippen LogP contribution in [0.5, 0.6) is 0 Å². The van der Waals surface area contributed by atoms with E-state index in [-0.39, 0.29) is 6.29 Å². The summed E-state index contributed by atoms with van der Waals surface area (Å²) in [6.45, 7) is 9.22. The van der Waals surface area contributed by atoms with E-state index in [4.69, 9.17) is 8.53 Å². The Morgan fingerprint density at radius 3 is 2.00 bits per heavy atom. The molecule has 0 aromatic carbocycles. The molecule has 2 nitrogen and oxygen atoms in total. The van der Waals surface area contributed by atoms with E-state index < -0.39 is 14.5 Å². The second kappa shape index (κ2) is 9.03. The fourth-order valence-corrected chi connectivity index (χ4v) is 3.94. The van der Waals surface area contributed by atoms with Gasteiger partial charge in [-0.15, -0.1) is 0 Å². The minimum absolute atomic E-state index is 0.0137. The Bertz CT molecular complexity index is 103. The Hall–Kier alpha value is 0.452. The molecule has 0 saturated carbocycles. The van der Waals surface area contributed by atoms with Crippen LogP contribution in [0.15, 0.2) is 0 Å². The third kappa shape index (κ3) is 7.52. The van der Waals surface area contributed by atoms with Gasteiger partial charge >= 0.3 is 14.5 Å². The van der Waals surface area contributed by atoms with Crippen molar-refractivity contribution in [1.82, 2.24) is 0 Å². The average molecular weight is 202 g/mol. The maximum absolute atomic E-state index is 5.89. The van der Waals surface area contributed by atoms with Gasteiger partial charge in [-0.3, -0.25) is 0 Å². The van der Waals surface area contributed by atoms with E-state index in [9.17, 15) is 0 Å². The molecule has 78 valence electrons. The highest BCUT2D eigenvalue weighted by Gasteiger charge is 2.20. The van der Waals surface area contributed by atoms with Crippen LogP contribution in [0.1, 0.15) is 40.5 Å². The lowest BCUT2D eigenvalue weighted by Gasteiger charge is -2.18. The Morgan fingerprint density at radius 1 is 1.08 bits per heavy atom. The van der Waals surface area contributed by atoms with E-state index in [2.05, 4.69) is 13.8 Å². The van der Waals surface area contributed by atoms with Crippen LogP contribution < -0.4 is 0 Å². The molecular formula is C10H23AlO2. The van der Waals surface area contributed by atoms with Gasteiger partial charge in [0.25, 0.3) is 0 Å². The molecular weight excluding hydrogens is 179 g/mol. The first-order valence-electron chi connectivity index (χ1n) is 5.51. The standard InChI is InChI=1S/C4H9O2.2C3H7.Al/c1-3-6-4(2)5;2*1-3-2;/h4H,3H2,1-2H3;2*1,3H2,2H3;/q-1;;;+1. The van der Waals surface area contributed by atoms with E-state index in [1.807, 2.05) is 13.8 Å². The smallest absolute Gasteiger partial charge is 0.462 e. The monoisotopic (exact) mass is 202 g/mol. The average Bonchev–Trinajstić information content (AvgIpc) is 2.05. The minimum atomic E-state index is -0.948. The van der Waals surface area contributed by atoms with Gasteiger partial charge in [0.15, 0.2) is 0 Å². The Balaban J connectivity index is 3.64. The third-order valence-electron chi connectivity index (χ3n) is 2.01. The zero-order valence-corrected chi connectivity index (χ0v) is 10.7. The molecule has 0 amide bonds. The summed E-state index contributed by atoms with van der Waals surface area (Å²) < 4.78 is 11.3. The summed E-state index contributed by atoms with van der Waals surface area (Å²) >= 11 is -0.948. The Labute approximate surface area is 87.3 Å². The van der Waals surface area contributed by atoms with Gasteiger partial charge in [-0.1, -0.05) is 37.3 Å². The molecule has 0 radical (unpaired) electrons. The van der Waals surface area contributed by atoms with E-state index in [0.717, 1.165) is 6.61 Å². The molecule has 0 aromatic heterocycles. The van der Waals surface area contributed by atoms with Gasteiger partial charge in [0, 0.05) is 6.61 Å². The molecule has 13 heavy (non-hydrogen) atoms. The second-order valence-corrected chi connectivity index (χ2v) is 6.03. The zero-order valence-electron chi connectivity index (χ0n) is 9.51. The first-order chi connectivity index (χ1) is 6.24. The molecule has 1 unspecified atom stereocenters. The van der Waals surface area contributed by atoms with Crippen LogP contribution in [-0.4, -0.2) is 27.4 Å². The molecule has 0 bridgehead atoms. The molecule has 0 aliphatic heterocycles. The summed E-state index contributed by atoms with van der Waals surface area (Å²) in [6.07, 6.45) is 2.51. The number of hydrogen-bond donors (Lipinski definition) is 0. The molecule has 3 heteroatoms. The Morgan fingerprint density at radius 2 is 1.62 bits per heavy atom. The second-order valence-electron chi connectivity index (χ2n) is 3.36. The molecule has 0 N–H and O–H groups in total. The maximum Gasteiger partial charge on any atom is 0.462 e. The first-order valence-corrected chi connectivity index (χ1v) is 7.62. The molecule has 0 aromatic rings. The highest BCUT2D eigenvalue weighted by Crippen LogP contribution is 2.10. The lowest BCUT2D eigenvalue weighted by atomic mass is 10.6. The maximum atomic E-state index is 5.89. The van der Waals surface area contributed by atoms with Crippen molar-refractivity contribution in [2.45, 2.75) is 57.4 Å². The normalized spacial score (nSPS) is 12.9. The molecule has 0 fully saturated rings. The summed E-state index contributed by atoms with van der Waals surface area (Å²) in [6, 6.07) is 0. The van der Waals surface area contributed by atoms with Crippen LogP contribution in [0.4, 0.5) is 0 Å². The van der Waals surface area contributed by atoms with Crippen LogP contribution in [0, 0.1) is 0 Å². The molecule has 0 rings (SSSR count). The van der Waals surface area contributed by atoms with Crippen LogP contribution in [0.2, 0.25) is 10.6 Å². The SMILES string of the molecule is CC[CH2][Al]([CH2]CC)[O]C(C)OCC. The van der Waals surface area contributed by atoms with Gasteiger partial charge in [0.05, 0.1) is 0 Å². The van der Waals surface area contributed by atoms with Gasteiger partial charge in [0.1, 0.15) is 6.29 Å². The number of hydrogen-bond acceptors (Lipinski definition) is 2. The van der Waals surface area contributed by atoms with E-state index in [1.165, 1.54) is 23.4 Å². The highest BCUT2D eigenvalue weighted by molar-refractivity contribution is 6.51. The molecule has 0 spiro atoms. The fourth-order valence-electron chi connectivity index (χ4n) is 1.47. The predicted molar refractivity (Wildman–Crippen MR) is 58.1 cm³/mol.